The van der Waals surface area contributed by atoms with Crippen LogP contribution in [-0.4, -0.2) is 4.92 Å². The maximum absolute atomic E-state index is 10.8. The van der Waals surface area contributed by atoms with E-state index in [1.54, 1.807) is 18.2 Å². The Hall–Kier alpha value is -2.93. The molecule has 20 heavy (non-hydrogen) atoms. The van der Waals surface area contributed by atoms with Gasteiger partial charge in [0.2, 0.25) is 0 Å². The second-order valence-electron chi connectivity index (χ2n) is 4.34. The van der Waals surface area contributed by atoms with E-state index >= 15 is 0 Å². The lowest BCUT2D eigenvalue weighted by atomic mass is 9.99. The molecule has 0 atom stereocenters. The second kappa shape index (κ2) is 5.81. The number of allylic oxidation sites excluding steroid dienone is 1. The average Bonchev–Trinajstić information content (AvgIpc) is 2.46. The van der Waals surface area contributed by atoms with Crippen molar-refractivity contribution in [3.05, 3.63) is 75.3 Å². The first-order valence-electron chi connectivity index (χ1n) is 6.04. The fraction of sp³-hybridized carbons (Fsp3) is 0.0625. The SMILES string of the molecule is Cc1ccccc1/C(C#N)=C/c1cccc([N+](=O)[O-])c1. The summed E-state index contributed by atoms with van der Waals surface area (Å²) in [5, 5.41) is 20.0. The van der Waals surface area contributed by atoms with Gasteiger partial charge in [0.25, 0.3) is 5.69 Å². The van der Waals surface area contributed by atoms with Crippen LogP contribution >= 0.6 is 0 Å². The molecular weight excluding hydrogens is 252 g/mol. The molecule has 0 aromatic heterocycles. The summed E-state index contributed by atoms with van der Waals surface area (Å²) in [7, 11) is 0. The van der Waals surface area contributed by atoms with Crippen molar-refractivity contribution in [3.63, 3.8) is 0 Å². The van der Waals surface area contributed by atoms with Crippen molar-refractivity contribution < 1.29 is 4.92 Å². The Morgan fingerprint density at radius 1 is 1.25 bits per heavy atom. The third-order valence-electron chi connectivity index (χ3n) is 2.95. The molecule has 0 fully saturated rings. The molecule has 4 nitrogen and oxygen atoms in total. The number of nitriles is 1. The van der Waals surface area contributed by atoms with Crippen LogP contribution in [0.3, 0.4) is 0 Å². The van der Waals surface area contributed by atoms with Gasteiger partial charge in [0, 0.05) is 12.1 Å². The Bertz CT molecular complexity index is 727. The van der Waals surface area contributed by atoms with Crippen molar-refractivity contribution in [1.29, 1.82) is 5.26 Å². The molecule has 0 amide bonds. The topological polar surface area (TPSA) is 66.9 Å². The summed E-state index contributed by atoms with van der Waals surface area (Å²) < 4.78 is 0. The number of nitro groups is 1. The monoisotopic (exact) mass is 264 g/mol. The predicted molar refractivity (Wildman–Crippen MR) is 77.8 cm³/mol. The Morgan fingerprint density at radius 3 is 2.65 bits per heavy atom. The van der Waals surface area contributed by atoms with Gasteiger partial charge in [0.15, 0.2) is 0 Å². The van der Waals surface area contributed by atoms with E-state index in [4.69, 9.17) is 0 Å². The number of benzene rings is 2. The maximum atomic E-state index is 10.8. The van der Waals surface area contributed by atoms with E-state index in [-0.39, 0.29) is 5.69 Å². The van der Waals surface area contributed by atoms with E-state index in [1.807, 2.05) is 31.2 Å². The summed E-state index contributed by atoms with van der Waals surface area (Å²) in [5.41, 5.74) is 2.97. The summed E-state index contributed by atoms with van der Waals surface area (Å²) in [6, 6.07) is 15.9. The van der Waals surface area contributed by atoms with E-state index in [1.165, 1.54) is 12.1 Å². The average molecular weight is 264 g/mol. The Balaban J connectivity index is 2.48. The van der Waals surface area contributed by atoms with E-state index in [9.17, 15) is 15.4 Å². The molecule has 98 valence electrons. The molecule has 2 aromatic carbocycles. The van der Waals surface area contributed by atoms with E-state index in [2.05, 4.69) is 6.07 Å². The second-order valence-corrected chi connectivity index (χ2v) is 4.34. The fourth-order valence-electron chi connectivity index (χ4n) is 1.94. The number of aryl methyl sites for hydroxylation is 1. The molecule has 0 unspecified atom stereocenters. The summed E-state index contributed by atoms with van der Waals surface area (Å²) in [5.74, 6) is 0. The molecule has 0 saturated carbocycles. The maximum Gasteiger partial charge on any atom is 0.270 e. The highest BCUT2D eigenvalue weighted by Gasteiger charge is 2.07. The lowest BCUT2D eigenvalue weighted by molar-refractivity contribution is -0.384. The van der Waals surface area contributed by atoms with E-state index in [0.717, 1.165) is 11.1 Å². The van der Waals surface area contributed by atoms with Crippen LogP contribution in [0.4, 0.5) is 5.69 Å². The Kier molecular flexibility index (Phi) is 3.92. The van der Waals surface area contributed by atoms with E-state index in [0.29, 0.717) is 11.1 Å². The van der Waals surface area contributed by atoms with Crippen LogP contribution in [0.2, 0.25) is 0 Å². The largest absolute Gasteiger partial charge is 0.270 e. The van der Waals surface area contributed by atoms with E-state index < -0.39 is 4.92 Å². The van der Waals surface area contributed by atoms with Gasteiger partial charge in [-0.25, -0.2) is 0 Å². The Labute approximate surface area is 116 Å². The minimum Gasteiger partial charge on any atom is -0.258 e. The van der Waals surface area contributed by atoms with Gasteiger partial charge in [-0.15, -0.1) is 0 Å². The van der Waals surface area contributed by atoms with Crippen molar-refractivity contribution in [2.45, 2.75) is 6.92 Å². The third kappa shape index (κ3) is 2.90. The molecule has 2 rings (SSSR count). The van der Waals surface area contributed by atoms with Gasteiger partial charge in [0.1, 0.15) is 0 Å². The van der Waals surface area contributed by atoms with Crippen LogP contribution in [0.1, 0.15) is 16.7 Å². The standard InChI is InChI=1S/C16H12N2O2/c1-12-5-2-3-8-16(12)14(11-17)9-13-6-4-7-15(10-13)18(19)20/h2-10H,1H3/b14-9+. The lowest BCUT2D eigenvalue weighted by Gasteiger charge is -2.03. The summed E-state index contributed by atoms with van der Waals surface area (Å²) in [6.07, 6.45) is 1.66. The zero-order valence-electron chi connectivity index (χ0n) is 10.9. The smallest absolute Gasteiger partial charge is 0.258 e. The molecule has 0 aliphatic rings. The lowest BCUT2D eigenvalue weighted by Crippen LogP contribution is -1.89. The van der Waals surface area contributed by atoms with Gasteiger partial charge in [-0.05, 0) is 29.7 Å². The zero-order valence-corrected chi connectivity index (χ0v) is 10.9. The highest BCUT2D eigenvalue weighted by atomic mass is 16.6. The van der Waals surface area contributed by atoms with Crippen LogP contribution in [0.15, 0.2) is 48.5 Å². The molecule has 0 bridgehead atoms. The normalized spacial score (nSPS) is 10.9. The summed E-state index contributed by atoms with van der Waals surface area (Å²) >= 11 is 0. The van der Waals surface area contributed by atoms with Gasteiger partial charge in [0.05, 0.1) is 16.6 Å². The van der Waals surface area contributed by atoms with Crippen LogP contribution in [0.25, 0.3) is 11.6 Å². The van der Waals surface area contributed by atoms with Crippen molar-refractivity contribution >= 4 is 17.3 Å². The number of nitrogens with zero attached hydrogens (tertiary/aromatic N) is 2. The van der Waals surface area contributed by atoms with Crippen LogP contribution in [0.5, 0.6) is 0 Å². The summed E-state index contributed by atoms with van der Waals surface area (Å²) in [4.78, 5) is 10.3. The van der Waals surface area contributed by atoms with Crippen molar-refractivity contribution in [2.75, 3.05) is 0 Å². The first-order chi connectivity index (χ1) is 9.61. The molecule has 0 radical (unpaired) electrons. The highest BCUT2D eigenvalue weighted by Crippen LogP contribution is 2.22. The van der Waals surface area contributed by atoms with Gasteiger partial charge in [-0.1, -0.05) is 36.4 Å². The van der Waals surface area contributed by atoms with Crippen molar-refractivity contribution in [1.82, 2.24) is 0 Å². The van der Waals surface area contributed by atoms with Crippen molar-refractivity contribution in [2.24, 2.45) is 0 Å². The molecule has 0 spiro atoms. The number of nitro benzene ring substituents is 1. The minimum absolute atomic E-state index is 0.0147. The van der Waals surface area contributed by atoms with Gasteiger partial charge in [-0.2, -0.15) is 5.26 Å². The predicted octanol–water partition coefficient (Wildman–Crippen LogP) is 3.97. The molecule has 0 aliphatic carbocycles. The molecule has 0 saturated heterocycles. The number of hydrogen-bond acceptors (Lipinski definition) is 3. The molecule has 4 heteroatoms. The van der Waals surface area contributed by atoms with Gasteiger partial charge < -0.3 is 0 Å². The fourth-order valence-corrected chi connectivity index (χ4v) is 1.94. The first kappa shape index (κ1) is 13.5. The third-order valence-corrected chi connectivity index (χ3v) is 2.95. The minimum atomic E-state index is -0.447. The molecule has 0 aliphatic heterocycles. The quantitative estimate of drug-likeness (QED) is 0.364. The number of non-ortho nitro benzene ring substituents is 1. The molecule has 0 N–H and O–H groups in total. The number of hydrogen-bond donors (Lipinski definition) is 0. The highest BCUT2D eigenvalue weighted by molar-refractivity contribution is 5.90. The van der Waals surface area contributed by atoms with Gasteiger partial charge >= 0.3 is 0 Å². The molecular formula is C16H12N2O2. The first-order valence-corrected chi connectivity index (χ1v) is 6.04. The van der Waals surface area contributed by atoms with Crippen molar-refractivity contribution in [3.8, 4) is 6.07 Å². The van der Waals surface area contributed by atoms with Crippen LogP contribution < -0.4 is 0 Å². The molecule has 0 heterocycles. The van der Waals surface area contributed by atoms with Gasteiger partial charge in [-0.3, -0.25) is 10.1 Å². The molecule has 2 aromatic rings. The summed E-state index contributed by atoms with van der Waals surface area (Å²) in [6.45, 7) is 1.92. The number of rotatable bonds is 3. The Morgan fingerprint density at radius 2 is 2.00 bits per heavy atom. The van der Waals surface area contributed by atoms with Crippen LogP contribution in [0, 0.1) is 28.4 Å². The zero-order chi connectivity index (χ0) is 14.5. The van der Waals surface area contributed by atoms with Crippen LogP contribution in [-0.2, 0) is 0 Å².